The Hall–Kier alpha value is -3.68. The van der Waals surface area contributed by atoms with Crippen LogP contribution in [0.3, 0.4) is 0 Å². The van der Waals surface area contributed by atoms with Gasteiger partial charge in [0, 0.05) is 16.8 Å². The first-order valence-corrected chi connectivity index (χ1v) is 8.85. The van der Waals surface area contributed by atoms with E-state index in [1.807, 2.05) is 19.1 Å². The van der Waals surface area contributed by atoms with Crippen LogP contribution < -0.4 is 16.0 Å². The van der Waals surface area contributed by atoms with Gasteiger partial charge in [0.2, 0.25) is 0 Å². The van der Waals surface area contributed by atoms with E-state index >= 15 is 0 Å². The van der Waals surface area contributed by atoms with Gasteiger partial charge in [0.15, 0.2) is 0 Å². The van der Waals surface area contributed by atoms with Crippen molar-refractivity contribution in [1.82, 2.24) is 20.8 Å². The molecule has 4 rings (SSSR count). The van der Waals surface area contributed by atoms with Gasteiger partial charge in [-0.1, -0.05) is 19.1 Å². The number of hydrogen-bond acceptors (Lipinski definition) is 3. The van der Waals surface area contributed by atoms with Crippen molar-refractivity contribution in [3.63, 3.8) is 0 Å². The number of rotatable bonds is 4. The molecule has 0 saturated carbocycles. The predicted octanol–water partition coefficient (Wildman–Crippen LogP) is 3.36. The van der Waals surface area contributed by atoms with Crippen LogP contribution in [-0.4, -0.2) is 22.1 Å². The van der Waals surface area contributed by atoms with Crippen LogP contribution in [0.4, 0.5) is 14.9 Å². The molecule has 0 aliphatic carbocycles. The molecule has 1 aliphatic heterocycles. The number of hydrogen-bond donors (Lipinski definition) is 4. The molecule has 2 heterocycles. The van der Waals surface area contributed by atoms with Crippen LogP contribution in [0.25, 0.3) is 10.9 Å². The summed E-state index contributed by atoms with van der Waals surface area (Å²) in [5.74, 6) is -0.732. The Morgan fingerprint density at radius 3 is 2.75 bits per heavy atom. The van der Waals surface area contributed by atoms with Crippen LogP contribution in [0.2, 0.25) is 0 Å². The molecule has 0 saturated heterocycles. The molecule has 7 nitrogen and oxygen atoms in total. The van der Waals surface area contributed by atoms with Crippen LogP contribution in [0.5, 0.6) is 0 Å². The second-order valence-corrected chi connectivity index (χ2v) is 6.45. The molecule has 3 amide bonds. The van der Waals surface area contributed by atoms with Gasteiger partial charge >= 0.3 is 6.03 Å². The number of amides is 3. The number of H-pyrrole nitrogens is 1. The van der Waals surface area contributed by atoms with Crippen molar-refractivity contribution in [3.05, 3.63) is 71.3 Å². The van der Waals surface area contributed by atoms with Crippen LogP contribution in [0.15, 0.2) is 59.9 Å². The molecule has 1 atom stereocenters. The van der Waals surface area contributed by atoms with Crippen LogP contribution >= 0.6 is 0 Å². The quantitative estimate of drug-likeness (QED) is 0.559. The number of allylic oxidation sites excluding steroid dienone is 1. The zero-order valence-electron chi connectivity index (χ0n) is 15.0. The fourth-order valence-electron chi connectivity index (χ4n) is 3.29. The van der Waals surface area contributed by atoms with E-state index in [0.29, 0.717) is 28.9 Å². The van der Waals surface area contributed by atoms with E-state index in [0.717, 1.165) is 10.9 Å². The zero-order valence-corrected chi connectivity index (χ0v) is 15.0. The Labute approximate surface area is 160 Å². The number of carbonyl (C=O) groups is 2. The highest BCUT2D eigenvalue weighted by atomic mass is 19.1. The van der Waals surface area contributed by atoms with E-state index in [9.17, 15) is 14.0 Å². The average Bonchev–Trinajstić information content (AvgIpc) is 3.15. The summed E-state index contributed by atoms with van der Waals surface area (Å²) in [4.78, 5) is 25.2. The third kappa shape index (κ3) is 3.32. The lowest BCUT2D eigenvalue weighted by atomic mass is 9.93. The number of carbonyl (C=O) groups excluding carboxylic acids is 2. The second-order valence-electron chi connectivity index (χ2n) is 6.45. The molecule has 4 N–H and O–H groups in total. The standard InChI is InChI=1S/C20H18FN5O2/c1-2-15-17(18(25-20(28)24-15)11-3-5-13(21)6-4-11)19(27)23-14-7-8-16-12(9-14)10-22-26-16/h3-10,18H,2H2,1H3,(H,22,26)(H,23,27)(H2,24,25,28). The summed E-state index contributed by atoms with van der Waals surface area (Å²) in [5, 5.41) is 16.0. The van der Waals surface area contributed by atoms with Crippen molar-refractivity contribution in [3.8, 4) is 0 Å². The molecule has 1 aromatic heterocycles. The first-order valence-electron chi connectivity index (χ1n) is 8.85. The highest BCUT2D eigenvalue weighted by Crippen LogP contribution is 2.29. The van der Waals surface area contributed by atoms with Gasteiger partial charge in [0.1, 0.15) is 5.82 Å². The zero-order chi connectivity index (χ0) is 19.7. The molecular formula is C20H18FN5O2. The lowest BCUT2D eigenvalue weighted by Gasteiger charge is -2.29. The number of anilines is 1. The van der Waals surface area contributed by atoms with Gasteiger partial charge in [-0.3, -0.25) is 9.89 Å². The minimum atomic E-state index is -0.679. The summed E-state index contributed by atoms with van der Waals surface area (Å²) >= 11 is 0. The van der Waals surface area contributed by atoms with Crippen molar-refractivity contribution in [2.24, 2.45) is 0 Å². The van der Waals surface area contributed by atoms with E-state index in [2.05, 4.69) is 26.1 Å². The third-order valence-corrected chi connectivity index (χ3v) is 4.65. The Morgan fingerprint density at radius 1 is 1.21 bits per heavy atom. The normalized spacial score (nSPS) is 16.6. The fourth-order valence-corrected chi connectivity index (χ4v) is 3.29. The summed E-state index contributed by atoms with van der Waals surface area (Å²) in [6.07, 6.45) is 2.14. The van der Waals surface area contributed by atoms with E-state index < -0.39 is 12.1 Å². The highest BCUT2D eigenvalue weighted by Gasteiger charge is 2.32. The van der Waals surface area contributed by atoms with Crippen LogP contribution in [-0.2, 0) is 4.79 Å². The lowest BCUT2D eigenvalue weighted by molar-refractivity contribution is -0.113. The molecule has 142 valence electrons. The highest BCUT2D eigenvalue weighted by molar-refractivity contribution is 6.07. The minimum absolute atomic E-state index is 0.346. The maximum absolute atomic E-state index is 13.3. The number of fused-ring (bicyclic) bond motifs is 1. The van der Waals surface area contributed by atoms with Crippen molar-refractivity contribution in [2.75, 3.05) is 5.32 Å². The van der Waals surface area contributed by atoms with E-state index in [-0.39, 0.29) is 11.7 Å². The van der Waals surface area contributed by atoms with E-state index in [1.165, 1.54) is 12.1 Å². The number of aromatic nitrogens is 2. The molecule has 1 unspecified atom stereocenters. The van der Waals surface area contributed by atoms with Gasteiger partial charge in [0.25, 0.3) is 5.91 Å². The third-order valence-electron chi connectivity index (χ3n) is 4.65. The summed E-state index contributed by atoms with van der Waals surface area (Å²) in [5.41, 5.74) is 3.01. The van der Waals surface area contributed by atoms with E-state index in [4.69, 9.17) is 0 Å². The molecule has 0 spiro atoms. The molecule has 1 aliphatic rings. The van der Waals surface area contributed by atoms with Gasteiger partial charge in [-0.2, -0.15) is 5.10 Å². The number of benzene rings is 2. The van der Waals surface area contributed by atoms with Crippen molar-refractivity contribution >= 4 is 28.5 Å². The predicted molar refractivity (Wildman–Crippen MR) is 103 cm³/mol. The molecule has 0 fully saturated rings. The molecular weight excluding hydrogens is 361 g/mol. The number of halogens is 1. The fraction of sp³-hybridized carbons (Fsp3) is 0.150. The Kier molecular flexibility index (Phi) is 4.52. The van der Waals surface area contributed by atoms with Crippen molar-refractivity contribution in [2.45, 2.75) is 19.4 Å². The van der Waals surface area contributed by atoms with Gasteiger partial charge in [-0.05, 0) is 42.3 Å². The Morgan fingerprint density at radius 2 is 2.00 bits per heavy atom. The van der Waals surface area contributed by atoms with Crippen LogP contribution in [0.1, 0.15) is 24.9 Å². The number of nitrogens with one attached hydrogen (secondary N) is 4. The van der Waals surface area contributed by atoms with Gasteiger partial charge in [0.05, 0.1) is 23.3 Å². The molecule has 3 aromatic rings. The SMILES string of the molecule is CCC1=C(C(=O)Nc2ccc3[nH]ncc3c2)C(c2ccc(F)cc2)NC(=O)N1. The lowest BCUT2D eigenvalue weighted by Crippen LogP contribution is -2.46. The first-order chi connectivity index (χ1) is 13.5. The molecule has 0 bridgehead atoms. The maximum atomic E-state index is 13.3. The van der Waals surface area contributed by atoms with Gasteiger partial charge in [-0.25, -0.2) is 9.18 Å². The topological polar surface area (TPSA) is 98.9 Å². The summed E-state index contributed by atoms with van der Waals surface area (Å²) in [7, 11) is 0. The molecule has 2 aromatic carbocycles. The molecule has 28 heavy (non-hydrogen) atoms. The van der Waals surface area contributed by atoms with Crippen molar-refractivity contribution < 1.29 is 14.0 Å². The summed E-state index contributed by atoms with van der Waals surface area (Å²) in [6.45, 7) is 1.85. The smallest absolute Gasteiger partial charge is 0.319 e. The molecule has 0 radical (unpaired) electrons. The Bertz CT molecular complexity index is 1090. The number of aromatic amines is 1. The van der Waals surface area contributed by atoms with E-state index in [1.54, 1.807) is 24.4 Å². The largest absolute Gasteiger partial charge is 0.327 e. The second kappa shape index (κ2) is 7.15. The monoisotopic (exact) mass is 379 g/mol. The van der Waals surface area contributed by atoms with Crippen molar-refractivity contribution in [1.29, 1.82) is 0 Å². The maximum Gasteiger partial charge on any atom is 0.319 e. The first kappa shape index (κ1) is 17.7. The summed E-state index contributed by atoms with van der Waals surface area (Å²) in [6, 6.07) is 10.1. The van der Waals surface area contributed by atoms with Gasteiger partial charge in [-0.15, -0.1) is 0 Å². The number of urea groups is 1. The average molecular weight is 379 g/mol. The minimum Gasteiger partial charge on any atom is -0.327 e. The summed E-state index contributed by atoms with van der Waals surface area (Å²) < 4.78 is 13.3. The Balaban J connectivity index is 1.70. The van der Waals surface area contributed by atoms with Crippen LogP contribution in [0, 0.1) is 5.82 Å². The van der Waals surface area contributed by atoms with Gasteiger partial charge < -0.3 is 16.0 Å². The number of nitrogens with zero attached hydrogens (tertiary/aromatic N) is 1. The molecule has 8 heteroatoms.